The molecule has 0 aliphatic carbocycles. The molecule has 0 atom stereocenters. The van der Waals surface area contributed by atoms with Gasteiger partial charge >= 0.3 is 5.69 Å². The minimum Gasteiger partial charge on any atom is -0.364 e. The molecule has 1 aliphatic heterocycles. The lowest BCUT2D eigenvalue weighted by molar-refractivity contribution is 0.128. The molecule has 1 aliphatic rings. The van der Waals surface area contributed by atoms with E-state index in [9.17, 15) is 17.6 Å². The number of benzene rings is 1. The van der Waals surface area contributed by atoms with E-state index in [0.29, 0.717) is 49.0 Å². The van der Waals surface area contributed by atoms with E-state index in [0.717, 1.165) is 0 Å². The van der Waals surface area contributed by atoms with Crippen LogP contribution in [0.4, 0.5) is 10.3 Å². The van der Waals surface area contributed by atoms with Gasteiger partial charge in [0.1, 0.15) is 12.5 Å². The third kappa shape index (κ3) is 5.29. The highest BCUT2D eigenvalue weighted by Gasteiger charge is 2.30. The number of nitrogens with zero attached hydrogens (tertiary/aromatic N) is 5. The second kappa shape index (κ2) is 10.3. The molecule has 12 heteroatoms. The van der Waals surface area contributed by atoms with Crippen LogP contribution < -0.4 is 11.0 Å². The number of imidazole rings is 1. The van der Waals surface area contributed by atoms with Crippen LogP contribution in [0.5, 0.6) is 0 Å². The molecular weight excluding hydrogens is 475 g/mol. The highest BCUT2D eigenvalue weighted by atomic mass is 32.2. The summed E-state index contributed by atoms with van der Waals surface area (Å²) in [7, 11) is -1.78. The molecule has 4 rings (SSSR count). The summed E-state index contributed by atoms with van der Waals surface area (Å²) >= 11 is 0. The molecule has 1 aromatic carbocycles. The van der Waals surface area contributed by atoms with Crippen molar-refractivity contribution in [1.29, 1.82) is 0 Å². The fourth-order valence-electron chi connectivity index (χ4n) is 4.05. The van der Waals surface area contributed by atoms with E-state index in [-0.39, 0.29) is 18.5 Å². The van der Waals surface area contributed by atoms with Gasteiger partial charge in [0.15, 0.2) is 0 Å². The second-order valence-corrected chi connectivity index (χ2v) is 11.2. The van der Waals surface area contributed by atoms with Crippen molar-refractivity contribution in [2.75, 3.05) is 25.5 Å². The van der Waals surface area contributed by atoms with Crippen molar-refractivity contribution >= 4 is 16.0 Å². The minimum atomic E-state index is -3.27. The molecule has 0 amide bonds. The molecule has 1 saturated heterocycles. The largest absolute Gasteiger partial charge is 0.364 e. The molecule has 3 aromatic rings. The van der Waals surface area contributed by atoms with E-state index in [1.54, 1.807) is 32.3 Å². The number of nitrogens with one attached hydrogen (secondary N) is 1. The van der Waals surface area contributed by atoms with Crippen LogP contribution >= 0.6 is 0 Å². The van der Waals surface area contributed by atoms with Crippen molar-refractivity contribution in [3.63, 3.8) is 0 Å². The predicted molar refractivity (Wildman–Crippen MR) is 130 cm³/mol. The molecule has 188 valence electrons. The van der Waals surface area contributed by atoms with Gasteiger partial charge in [-0.2, -0.15) is 0 Å². The Morgan fingerprint density at radius 3 is 2.49 bits per heavy atom. The zero-order chi connectivity index (χ0) is 25.2. The van der Waals surface area contributed by atoms with Gasteiger partial charge in [-0.25, -0.2) is 31.9 Å². The summed E-state index contributed by atoms with van der Waals surface area (Å²) in [6, 6.07) is 7.33. The molecule has 1 N–H and O–H groups in total. The monoisotopic (exact) mass is 504 g/mol. The number of methoxy groups -OCH3 is 1. The maximum absolute atomic E-state index is 13.5. The summed E-state index contributed by atoms with van der Waals surface area (Å²) in [6.07, 6.45) is 4.49. The van der Waals surface area contributed by atoms with Crippen molar-refractivity contribution in [3.05, 3.63) is 59.0 Å². The summed E-state index contributed by atoms with van der Waals surface area (Å²) in [6.45, 7) is 4.28. The third-order valence-electron chi connectivity index (χ3n) is 5.97. The predicted octanol–water partition coefficient (Wildman–Crippen LogP) is 2.45. The van der Waals surface area contributed by atoms with Gasteiger partial charge in [0, 0.05) is 38.6 Å². The topological polar surface area (TPSA) is 111 Å². The highest BCUT2D eigenvalue weighted by Crippen LogP contribution is 2.23. The van der Waals surface area contributed by atoms with Gasteiger partial charge in [-0.15, -0.1) is 0 Å². The standard InChI is InChI=1S/C23H29FN6O4S/c1-16(2)35(32,33)29-12-9-18(10-13-29)26-22-25-11-8-20(27-22)21-14-28(15-34-3)23(31)30(21)19-6-4-17(24)5-7-19/h4-8,11,14,16,18H,9-10,12-13,15H2,1-3H3,(H,25,26,27). The molecule has 2 aromatic heterocycles. The van der Waals surface area contributed by atoms with E-state index >= 15 is 0 Å². The van der Waals surface area contributed by atoms with E-state index < -0.39 is 21.1 Å². The van der Waals surface area contributed by atoms with Gasteiger partial charge in [-0.05, 0) is 57.0 Å². The second-order valence-electron chi connectivity index (χ2n) is 8.67. The Morgan fingerprint density at radius 2 is 1.86 bits per heavy atom. The first-order chi connectivity index (χ1) is 16.7. The molecular formula is C23H29FN6O4S. The molecule has 0 saturated carbocycles. The van der Waals surface area contributed by atoms with Crippen LogP contribution in [0.3, 0.4) is 0 Å². The van der Waals surface area contributed by atoms with Crippen LogP contribution in [0.25, 0.3) is 17.1 Å². The lowest BCUT2D eigenvalue weighted by Gasteiger charge is -2.32. The lowest BCUT2D eigenvalue weighted by atomic mass is 10.1. The maximum Gasteiger partial charge on any atom is 0.335 e. The first kappa shape index (κ1) is 25.0. The molecule has 0 radical (unpaired) electrons. The molecule has 0 bridgehead atoms. The van der Waals surface area contributed by atoms with Crippen LogP contribution in [0.2, 0.25) is 0 Å². The Hall–Kier alpha value is -3.09. The number of hydrogen-bond donors (Lipinski definition) is 1. The fourth-order valence-corrected chi connectivity index (χ4v) is 5.37. The SMILES string of the molecule is COCn1cc(-c2ccnc(NC3CCN(S(=O)(=O)C(C)C)CC3)n2)n(-c2ccc(F)cc2)c1=O. The van der Waals surface area contributed by atoms with E-state index in [1.165, 1.54) is 44.8 Å². The van der Waals surface area contributed by atoms with Gasteiger partial charge in [0.05, 0.1) is 22.3 Å². The number of piperidine rings is 1. The average molecular weight is 505 g/mol. The quantitative estimate of drug-likeness (QED) is 0.502. The number of sulfonamides is 1. The minimum absolute atomic E-state index is 0.0150. The highest BCUT2D eigenvalue weighted by molar-refractivity contribution is 7.89. The summed E-state index contributed by atoms with van der Waals surface area (Å²) in [5.74, 6) is -0.0225. The Kier molecular flexibility index (Phi) is 7.33. The molecule has 0 spiro atoms. The summed E-state index contributed by atoms with van der Waals surface area (Å²) < 4.78 is 47.8. The van der Waals surface area contributed by atoms with Crippen molar-refractivity contribution < 1.29 is 17.5 Å². The van der Waals surface area contributed by atoms with Crippen molar-refractivity contribution in [3.8, 4) is 17.1 Å². The van der Waals surface area contributed by atoms with E-state index in [1.807, 2.05) is 0 Å². The number of aromatic nitrogens is 4. The van der Waals surface area contributed by atoms with Crippen LogP contribution in [-0.2, 0) is 21.5 Å². The van der Waals surface area contributed by atoms with Gasteiger partial charge < -0.3 is 10.1 Å². The number of rotatable bonds is 8. The Labute approximate surface area is 203 Å². The van der Waals surface area contributed by atoms with Crippen LogP contribution in [0.1, 0.15) is 26.7 Å². The molecule has 3 heterocycles. The molecule has 0 unspecified atom stereocenters. The Morgan fingerprint density at radius 1 is 1.17 bits per heavy atom. The summed E-state index contributed by atoms with van der Waals surface area (Å²) in [5, 5.41) is 2.85. The zero-order valence-corrected chi connectivity index (χ0v) is 20.7. The Bertz CT molecular complexity index is 1330. The smallest absolute Gasteiger partial charge is 0.335 e. The first-order valence-corrected chi connectivity index (χ1v) is 12.9. The van der Waals surface area contributed by atoms with Crippen molar-refractivity contribution in [1.82, 2.24) is 23.4 Å². The normalized spacial score (nSPS) is 15.6. The van der Waals surface area contributed by atoms with E-state index in [4.69, 9.17) is 4.74 Å². The van der Waals surface area contributed by atoms with Gasteiger partial charge in [0.25, 0.3) is 0 Å². The fraction of sp³-hybridized carbons (Fsp3) is 0.435. The van der Waals surface area contributed by atoms with E-state index in [2.05, 4.69) is 15.3 Å². The van der Waals surface area contributed by atoms with Crippen molar-refractivity contribution in [2.45, 2.75) is 44.7 Å². The van der Waals surface area contributed by atoms with Crippen LogP contribution in [-0.4, -0.2) is 63.3 Å². The molecule has 35 heavy (non-hydrogen) atoms. The van der Waals surface area contributed by atoms with Gasteiger partial charge in [0.2, 0.25) is 16.0 Å². The van der Waals surface area contributed by atoms with Crippen molar-refractivity contribution in [2.24, 2.45) is 0 Å². The lowest BCUT2D eigenvalue weighted by Crippen LogP contribution is -2.45. The van der Waals surface area contributed by atoms with Crippen LogP contribution in [0.15, 0.2) is 47.5 Å². The van der Waals surface area contributed by atoms with Crippen LogP contribution in [0, 0.1) is 5.82 Å². The number of ether oxygens (including phenoxy) is 1. The summed E-state index contributed by atoms with van der Waals surface area (Å²) in [4.78, 5) is 22.0. The molecule has 10 nitrogen and oxygen atoms in total. The van der Waals surface area contributed by atoms with Gasteiger partial charge in [-0.3, -0.25) is 9.13 Å². The maximum atomic E-state index is 13.5. The zero-order valence-electron chi connectivity index (χ0n) is 19.9. The average Bonchev–Trinajstić information content (AvgIpc) is 3.16. The summed E-state index contributed by atoms with van der Waals surface area (Å²) in [5.41, 5.74) is 1.15. The van der Waals surface area contributed by atoms with Gasteiger partial charge in [-0.1, -0.05) is 0 Å². The first-order valence-electron chi connectivity index (χ1n) is 11.4. The Balaban J connectivity index is 1.58. The number of anilines is 1. The number of halogens is 1. The third-order valence-corrected chi connectivity index (χ3v) is 8.25. The number of hydrogen-bond acceptors (Lipinski definition) is 7. The molecule has 1 fully saturated rings.